The molecule has 0 spiro atoms. The van der Waals surface area contributed by atoms with Crippen LogP contribution in [0.15, 0.2) is 109 Å². The van der Waals surface area contributed by atoms with E-state index in [1.807, 2.05) is 48.5 Å². The zero-order chi connectivity index (χ0) is 27.2. The minimum atomic E-state index is -1.71. The number of carbonyl (C=O) groups is 2. The first kappa shape index (κ1) is 27.6. The quantitative estimate of drug-likeness (QED) is 0.186. The van der Waals surface area contributed by atoms with Crippen molar-refractivity contribution in [2.45, 2.75) is 11.4 Å². The molecule has 0 unspecified atom stereocenters. The molecule has 4 rings (SSSR count). The smallest absolute Gasteiger partial charge is 0.257 e. The number of carbonyl (C=O) groups excluding carboxylic acids is 2. The molecule has 0 fully saturated rings. The summed E-state index contributed by atoms with van der Waals surface area (Å²) in [6.07, 6.45) is 5.27. The van der Waals surface area contributed by atoms with Crippen LogP contribution in [-0.4, -0.2) is 59.3 Å². The molecule has 0 heterocycles. The highest BCUT2D eigenvalue weighted by Crippen LogP contribution is 2.45. The van der Waals surface area contributed by atoms with Gasteiger partial charge in [0, 0.05) is 25.3 Å². The Morgan fingerprint density at radius 2 is 1.13 bits per heavy atom. The van der Waals surface area contributed by atoms with Crippen molar-refractivity contribution < 1.29 is 19.1 Å². The Hall–Kier alpha value is -3.42. The van der Waals surface area contributed by atoms with Gasteiger partial charge in [0.05, 0.1) is 12.0 Å². The SMILES string of the molecule is COC1(OC)C=C(c2ccccc2)C=CC1(N(CCl)C(=O)c1ccccc1)N(CCl)C(=O)c1ccccc1. The number of amides is 2. The first-order valence-corrected chi connectivity index (χ1v) is 13.0. The van der Waals surface area contributed by atoms with Gasteiger partial charge >= 0.3 is 0 Å². The average Bonchev–Trinajstić information content (AvgIpc) is 2.99. The summed E-state index contributed by atoms with van der Waals surface area (Å²) in [6.45, 7) is 0. The molecule has 8 heteroatoms. The normalized spacial score (nSPS) is 15.4. The van der Waals surface area contributed by atoms with E-state index in [0.717, 1.165) is 11.1 Å². The van der Waals surface area contributed by atoms with Crippen LogP contribution in [0.3, 0.4) is 0 Å². The molecule has 38 heavy (non-hydrogen) atoms. The standard InChI is InChI=1S/C30H28Cl2N2O4/c1-37-30(38-2)20-26(23-12-6-3-7-13-23)18-19-29(30,33(21-31)27(35)24-14-8-4-9-15-24)34(22-32)28(36)25-16-10-5-11-17-25/h3-20H,21-22H2,1-2H3. The van der Waals surface area contributed by atoms with Crippen LogP contribution >= 0.6 is 23.2 Å². The Morgan fingerprint density at radius 1 is 0.711 bits per heavy atom. The van der Waals surface area contributed by atoms with Gasteiger partial charge in [-0.05, 0) is 47.6 Å². The molecule has 0 aromatic heterocycles. The van der Waals surface area contributed by atoms with Crippen molar-refractivity contribution in [3.63, 3.8) is 0 Å². The lowest BCUT2D eigenvalue weighted by molar-refractivity contribution is -0.256. The van der Waals surface area contributed by atoms with Gasteiger partial charge in [0.1, 0.15) is 0 Å². The maximum absolute atomic E-state index is 14.0. The first-order valence-electron chi connectivity index (χ1n) is 11.9. The highest BCUT2D eigenvalue weighted by atomic mass is 35.5. The Kier molecular flexibility index (Phi) is 8.69. The van der Waals surface area contributed by atoms with E-state index in [1.165, 1.54) is 24.0 Å². The molecule has 1 aliphatic carbocycles. The summed E-state index contributed by atoms with van der Waals surface area (Å²) in [6, 6.07) is 26.4. The lowest BCUT2D eigenvalue weighted by Gasteiger charge is -2.56. The number of rotatable bonds is 9. The van der Waals surface area contributed by atoms with Crippen molar-refractivity contribution >= 4 is 40.6 Å². The summed E-state index contributed by atoms with van der Waals surface area (Å²) < 4.78 is 12.2. The average molecular weight is 551 g/mol. The zero-order valence-electron chi connectivity index (χ0n) is 21.1. The van der Waals surface area contributed by atoms with E-state index in [2.05, 4.69) is 0 Å². The maximum Gasteiger partial charge on any atom is 0.257 e. The highest BCUT2D eigenvalue weighted by molar-refractivity contribution is 6.20. The predicted molar refractivity (Wildman–Crippen MR) is 150 cm³/mol. The number of hydrogen-bond acceptors (Lipinski definition) is 4. The third-order valence-corrected chi connectivity index (χ3v) is 7.14. The number of ether oxygens (including phenoxy) is 2. The van der Waals surface area contributed by atoms with Crippen molar-refractivity contribution in [1.82, 2.24) is 9.80 Å². The fourth-order valence-electron chi connectivity index (χ4n) is 4.77. The monoisotopic (exact) mass is 550 g/mol. The van der Waals surface area contributed by atoms with E-state index in [0.29, 0.717) is 11.1 Å². The van der Waals surface area contributed by atoms with Gasteiger partial charge in [0.15, 0.2) is 5.66 Å². The van der Waals surface area contributed by atoms with Crippen LogP contribution in [0.25, 0.3) is 5.57 Å². The summed E-state index contributed by atoms with van der Waals surface area (Å²) >= 11 is 13.1. The highest BCUT2D eigenvalue weighted by Gasteiger charge is 2.62. The lowest BCUT2D eigenvalue weighted by Crippen LogP contribution is -2.74. The Labute approximate surface area is 232 Å². The van der Waals surface area contributed by atoms with Gasteiger partial charge < -0.3 is 9.47 Å². The molecule has 0 bridgehead atoms. The molecule has 196 valence electrons. The van der Waals surface area contributed by atoms with Crippen LogP contribution < -0.4 is 0 Å². The lowest BCUT2D eigenvalue weighted by atomic mass is 9.84. The van der Waals surface area contributed by atoms with E-state index < -0.39 is 23.3 Å². The second-order valence-corrected chi connectivity index (χ2v) is 9.02. The molecular formula is C30H28Cl2N2O4. The summed E-state index contributed by atoms with van der Waals surface area (Å²) in [5.74, 6) is -2.56. The van der Waals surface area contributed by atoms with Crippen LogP contribution in [0.2, 0.25) is 0 Å². The van der Waals surface area contributed by atoms with Crippen LogP contribution in [0.4, 0.5) is 0 Å². The predicted octanol–water partition coefficient (Wildman–Crippen LogP) is 6.00. The Morgan fingerprint density at radius 3 is 1.53 bits per heavy atom. The van der Waals surface area contributed by atoms with Crippen molar-refractivity contribution in [2.75, 3.05) is 26.2 Å². The van der Waals surface area contributed by atoms with Crippen molar-refractivity contribution in [3.8, 4) is 0 Å². The molecule has 2 amide bonds. The molecule has 0 aliphatic heterocycles. The Balaban J connectivity index is 1.98. The van der Waals surface area contributed by atoms with Gasteiger partial charge in [-0.1, -0.05) is 72.8 Å². The fraction of sp³-hybridized carbons (Fsp3) is 0.200. The fourth-order valence-corrected chi connectivity index (χ4v) is 5.35. The van der Waals surface area contributed by atoms with E-state index in [1.54, 1.807) is 60.7 Å². The molecule has 1 aliphatic rings. The minimum absolute atomic E-state index is 0.295. The Bertz CT molecular complexity index is 1250. The largest absolute Gasteiger partial charge is 0.346 e. The van der Waals surface area contributed by atoms with E-state index in [-0.39, 0.29) is 12.0 Å². The van der Waals surface area contributed by atoms with Gasteiger partial charge in [0.25, 0.3) is 11.8 Å². The number of allylic oxidation sites excluding steroid dienone is 2. The van der Waals surface area contributed by atoms with Gasteiger partial charge in [-0.15, -0.1) is 23.2 Å². The molecular weight excluding hydrogens is 523 g/mol. The number of methoxy groups -OCH3 is 2. The van der Waals surface area contributed by atoms with Crippen LogP contribution in [0.1, 0.15) is 26.3 Å². The van der Waals surface area contributed by atoms with Gasteiger partial charge in [-0.25, -0.2) is 0 Å². The maximum atomic E-state index is 14.0. The number of nitrogens with zero attached hydrogens (tertiary/aromatic N) is 2. The summed E-state index contributed by atoms with van der Waals surface area (Å²) in [7, 11) is 2.91. The molecule has 0 atom stereocenters. The van der Waals surface area contributed by atoms with Gasteiger partial charge in [-0.2, -0.15) is 0 Å². The first-order chi connectivity index (χ1) is 18.5. The molecule has 3 aromatic rings. The number of benzene rings is 3. The topological polar surface area (TPSA) is 59.1 Å². The molecule has 0 saturated carbocycles. The molecule has 3 aromatic carbocycles. The van der Waals surface area contributed by atoms with Crippen LogP contribution in [-0.2, 0) is 9.47 Å². The van der Waals surface area contributed by atoms with E-state index in [4.69, 9.17) is 32.7 Å². The molecule has 0 N–H and O–H groups in total. The zero-order valence-corrected chi connectivity index (χ0v) is 22.6. The van der Waals surface area contributed by atoms with Crippen molar-refractivity contribution in [1.29, 1.82) is 0 Å². The third kappa shape index (κ3) is 4.76. The van der Waals surface area contributed by atoms with Gasteiger partial charge in [0.2, 0.25) is 5.79 Å². The molecule has 0 radical (unpaired) electrons. The van der Waals surface area contributed by atoms with E-state index in [9.17, 15) is 9.59 Å². The van der Waals surface area contributed by atoms with Crippen LogP contribution in [0.5, 0.6) is 0 Å². The minimum Gasteiger partial charge on any atom is -0.346 e. The van der Waals surface area contributed by atoms with Gasteiger partial charge in [-0.3, -0.25) is 19.4 Å². The third-order valence-electron chi connectivity index (χ3n) is 6.66. The second kappa shape index (κ2) is 12.0. The molecule has 6 nitrogen and oxygen atoms in total. The summed E-state index contributed by atoms with van der Waals surface area (Å²) in [4.78, 5) is 30.7. The molecule has 0 saturated heterocycles. The summed E-state index contributed by atoms with van der Waals surface area (Å²) in [5.41, 5.74) is 0.712. The second-order valence-electron chi connectivity index (χ2n) is 8.54. The van der Waals surface area contributed by atoms with Crippen molar-refractivity contribution in [2.24, 2.45) is 0 Å². The van der Waals surface area contributed by atoms with E-state index >= 15 is 0 Å². The summed E-state index contributed by atoms with van der Waals surface area (Å²) in [5, 5.41) is 0. The number of halogens is 2. The number of alkyl halides is 2. The van der Waals surface area contributed by atoms with Crippen LogP contribution in [0, 0.1) is 0 Å². The number of hydrogen-bond donors (Lipinski definition) is 0. The van der Waals surface area contributed by atoms with Crippen molar-refractivity contribution in [3.05, 3.63) is 126 Å².